The average molecular weight is 356 g/mol. The minimum Gasteiger partial charge on any atom is -0.489 e. The third kappa shape index (κ3) is 5.29. The van der Waals surface area contributed by atoms with Gasteiger partial charge in [0.25, 0.3) is 0 Å². The Bertz CT molecular complexity index is 702. The minimum atomic E-state index is -0.802. The first-order valence-electron chi connectivity index (χ1n) is 8.76. The number of carbonyl (C=O) groups excluding carboxylic acids is 1. The molecule has 1 fully saturated rings. The van der Waals surface area contributed by atoms with Crippen LogP contribution < -0.4 is 15.4 Å². The maximum absolute atomic E-state index is 12.1. The molecule has 3 rings (SSSR count). The van der Waals surface area contributed by atoms with Crippen LogP contribution in [0.5, 0.6) is 5.75 Å². The Kier molecular flexibility index (Phi) is 6.60. The number of aliphatic hydroxyl groups excluding tert-OH is 1. The topological polar surface area (TPSA) is 79.8 Å². The molecule has 2 aromatic rings. The van der Waals surface area contributed by atoms with Crippen molar-refractivity contribution in [2.24, 2.45) is 0 Å². The zero-order valence-electron chi connectivity index (χ0n) is 14.6. The third-order valence-electron chi connectivity index (χ3n) is 4.20. The van der Waals surface area contributed by atoms with Crippen molar-refractivity contribution in [2.75, 3.05) is 26.3 Å². The third-order valence-corrected chi connectivity index (χ3v) is 4.20. The van der Waals surface area contributed by atoms with Crippen LogP contribution >= 0.6 is 0 Å². The molecule has 1 aliphatic rings. The smallest absolute Gasteiger partial charge is 0.239 e. The average Bonchev–Trinajstić information content (AvgIpc) is 2.72. The van der Waals surface area contributed by atoms with Gasteiger partial charge in [-0.25, -0.2) is 0 Å². The molecule has 6 nitrogen and oxygen atoms in total. The molecule has 0 aliphatic carbocycles. The molecule has 1 saturated heterocycles. The van der Waals surface area contributed by atoms with E-state index in [2.05, 4.69) is 10.6 Å². The second-order valence-electron chi connectivity index (χ2n) is 6.19. The molecule has 2 aromatic carbocycles. The van der Waals surface area contributed by atoms with Crippen molar-refractivity contribution in [2.45, 2.75) is 18.8 Å². The van der Waals surface area contributed by atoms with Gasteiger partial charge in [-0.15, -0.1) is 0 Å². The SMILES string of the molecule is O=C(NCC(O)c1cccc(OCc2ccccc2)c1)C1COCCN1. The summed E-state index contributed by atoms with van der Waals surface area (Å²) in [5.41, 5.74) is 1.77. The summed E-state index contributed by atoms with van der Waals surface area (Å²) in [5.74, 6) is 0.513. The highest BCUT2D eigenvalue weighted by Crippen LogP contribution is 2.20. The molecule has 3 N–H and O–H groups in total. The summed E-state index contributed by atoms with van der Waals surface area (Å²) in [6.45, 7) is 2.22. The van der Waals surface area contributed by atoms with Gasteiger partial charge in [0, 0.05) is 13.1 Å². The normalized spacial score (nSPS) is 18.1. The van der Waals surface area contributed by atoms with Crippen molar-refractivity contribution >= 4 is 5.91 Å². The monoisotopic (exact) mass is 356 g/mol. The Morgan fingerprint density at radius 1 is 1.27 bits per heavy atom. The molecule has 1 amide bonds. The number of benzene rings is 2. The maximum atomic E-state index is 12.1. The molecule has 6 heteroatoms. The lowest BCUT2D eigenvalue weighted by Crippen LogP contribution is -2.51. The summed E-state index contributed by atoms with van der Waals surface area (Å²) in [6.07, 6.45) is -0.802. The summed E-state index contributed by atoms with van der Waals surface area (Å²) in [6, 6.07) is 16.8. The van der Waals surface area contributed by atoms with Gasteiger partial charge in [0.1, 0.15) is 18.4 Å². The first kappa shape index (κ1) is 18.4. The van der Waals surface area contributed by atoms with Crippen molar-refractivity contribution in [1.82, 2.24) is 10.6 Å². The van der Waals surface area contributed by atoms with Gasteiger partial charge in [-0.05, 0) is 23.3 Å². The van der Waals surface area contributed by atoms with E-state index in [0.717, 1.165) is 5.56 Å². The number of hydrogen-bond acceptors (Lipinski definition) is 5. The quantitative estimate of drug-likeness (QED) is 0.699. The summed E-state index contributed by atoms with van der Waals surface area (Å²) in [5, 5.41) is 16.2. The van der Waals surface area contributed by atoms with E-state index in [1.54, 1.807) is 6.07 Å². The highest BCUT2D eigenvalue weighted by Gasteiger charge is 2.21. The number of nitrogens with one attached hydrogen (secondary N) is 2. The van der Waals surface area contributed by atoms with Crippen molar-refractivity contribution in [3.8, 4) is 5.75 Å². The molecule has 1 aliphatic heterocycles. The summed E-state index contributed by atoms with van der Waals surface area (Å²) in [4.78, 5) is 12.1. The van der Waals surface area contributed by atoms with Crippen LogP contribution in [-0.2, 0) is 16.1 Å². The van der Waals surface area contributed by atoms with Crippen molar-refractivity contribution in [3.05, 3.63) is 65.7 Å². The van der Waals surface area contributed by atoms with Gasteiger partial charge in [0.05, 0.1) is 19.3 Å². The summed E-state index contributed by atoms with van der Waals surface area (Å²) < 4.78 is 11.1. The lowest BCUT2D eigenvalue weighted by molar-refractivity contribution is -0.126. The zero-order valence-corrected chi connectivity index (χ0v) is 14.6. The highest BCUT2D eigenvalue weighted by molar-refractivity contribution is 5.82. The van der Waals surface area contributed by atoms with Gasteiger partial charge < -0.3 is 25.2 Å². The second kappa shape index (κ2) is 9.33. The Balaban J connectivity index is 1.50. The van der Waals surface area contributed by atoms with E-state index < -0.39 is 6.10 Å². The van der Waals surface area contributed by atoms with Gasteiger partial charge >= 0.3 is 0 Å². The second-order valence-corrected chi connectivity index (χ2v) is 6.19. The van der Waals surface area contributed by atoms with Crippen molar-refractivity contribution in [3.63, 3.8) is 0 Å². The molecule has 0 radical (unpaired) electrons. The van der Waals surface area contributed by atoms with Crippen molar-refractivity contribution < 1.29 is 19.4 Å². The van der Waals surface area contributed by atoms with Crippen LogP contribution in [0.15, 0.2) is 54.6 Å². The zero-order chi connectivity index (χ0) is 18.2. The molecule has 26 heavy (non-hydrogen) atoms. The molecular formula is C20H24N2O4. The van der Waals surface area contributed by atoms with Crippen LogP contribution in [0.2, 0.25) is 0 Å². The number of morpholine rings is 1. The maximum Gasteiger partial charge on any atom is 0.239 e. The number of aliphatic hydroxyl groups is 1. The Labute approximate surface area is 153 Å². The lowest BCUT2D eigenvalue weighted by atomic mass is 10.1. The van der Waals surface area contributed by atoms with E-state index in [4.69, 9.17) is 9.47 Å². The molecular weight excluding hydrogens is 332 g/mol. The number of carbonyl (C=O) groups is 1. The standard InChI is InChI=1S/C20H24N2O4/c23-19(12-22-20(24)18-14-25-10-9-21-18)16-7-4-8-17(11-16)26-13-15-5-2-1-3-6-15/h1-8,11,18-19,21,23H,9-10,12-14H2,(H,22,24). The number of rotatable bonds is 7. The Morgan fingerprint density at radius 3 is 2.88 bits per heavy atom. The highest BCUT2D eigenvalue weighted by atomic mass is 16.5. The minimum absolute atomic E-state index is 0.138. The van der Waals surface area contributed by atoms with E-state index in [1.807, 2.05) is 48.5 Å². The van der Waals surface area contributed by atoms with Crippen LogP contribution in [0.3, 0.4) is 0 Å². The van der Waals surface area contributed by atoms with E-state index >= 15 is 0 Å². The molecule has 0 saturated carbocycles. The lowest BCUT2D eigenvalue weighted by Gasteiger charge is -2.23. The molecule has 1 heterocycles. The van der Waals surface area contributed by atoms with Gasteiger partial charge in [-0.2, -0.15) is 0 Å². The van der Waals surface area contributed by atoms with Gasteiger partial charge in [0.2, 0.25) is 5.91 Å². The fourth-order valence-corrected chi connectivity index (χ4v) is 2.72. The van der Waals surface area contributed by atoms with E-state index in [1.165, 1.54) is 0 Å². The molecule has 138 valence electrons. The summed E-state index contributed by atoms with van der Waals surface area (Å²) >= 11 is 0. The van der Waals surface area contributed by atoms with Gasteiger partial charge in [0.15, 0.2) is 0 Å². The molecule has 2 unspecified atom stereocenters. The molecule has 2 atom stereocenters. The molecule has 0 spiro atoms. The van der Waals surface area contributed by atoms with Gasteiger partial charge in [-0.3, -0.25) is 4.79 Å². The predicted molar refractivity (Wildman–Crippen MR) is 97.8 cm³/mol. The van der Waals surface area contributed by atoms with Crippen LogP contribution in [0.25, 0.3) is 0 Å². The Morgan fingerprint density at radius 2 is 2.12 bits per heavy atom. The largest absolute Gasteiger partial charge is 0.489 e. The van der Waals surface area contributed by atoms with Crippen LogP contribution in [0.4, 0.5) is 0 Å². The van der Waals surface area contributed by atoms with Crippen LogP contribution in [-0.4, -0.2) is 43.4 Å². The number of ether oxygens (including phenoxy) is 2. The molecule has 0 bridgehead atoms. The first-order valence-corrected chi connectivity index (χ1v) is 8.76. The number of amides is 1. The fraction of sp³-hybridized carbons (Fsp3) is 0.350. The van der Waals surface area contributed by atoms with Gasteiger partial charge in [-0.1, -0.05) is 42.5 Å². The summed E-state index contributed by atoms with van der Waals surface area (Å²) in [7, 11) is 0. The van der Waals surface area contributed by atoms with E-state index in [0.29, 0.717) is 37.7 Å². The Hall–Kier alpha value is -2.41. The van der Waals surface area contributed by atoms with E-state index in [-0.39, 0.29) is 18.5 Å². The first-order chi connectivity index (χ1) is 12.7. The van der Waals surface area contributed by atoms with Crippen molar-refractivity contribution in [1.29, 1.82) is 0 Å². The number of hydrogen-bond donors (Lipinski definition) is 3. The molecule has 0 aromatic heterocycles. The predicted octanol–water partition coefficient (Wildman–Crippen LogP) is 1.40. The fourth-order valence-electron chi connectivity index (χ4n) is 2.72. The van der Waals surface area contributed by atoms with Crippen LogP contribution in [0.1, 0.15) is 17.2 Å². The van der Waals surface area contributed by atoms with Crippen LogP contribution in [0, 0.1) is 0 Å². The van der Waals surface area contributed by atoms with E-state index in [9.17, 15) is 9.90 Å².